The van der Waals surface area contributed by atoms with Crippen molar-refractivity contribution in [1.29, 1.82) is 0 Å². The van der Waals surface area contributed by atoms with E-state index in [-0.39, 0.29) is 6.61 Å². The predicted octanol–water partition coefficient (Wildman–Crippen LogP) is 1.92. The number of benzene rings is 1. The van der Waals surface area contributed by atoms with E-state index in [9.17, 15) is 4.79 Å². The van der Waals surface area contributed by atoms with Gasteiger partial charge in [0.2, 0.25) is 0 Å². The summed E-state index contributed by atoms with van der Waals surface area (Å²) in [6, 6.07) is 7.63. The van der Waals surface area contributed by atoms with E-state index in [0.717, 1.165) is 41.7 Å². The van der Waals surface area contributed by atoms with Crippen molar-refractivity contribution in [2.45, 2.75) is 33.7 Å². The third-order valence-electron chi connectivity index (χ3n) is 3.80. The van der Waals surface area contributed by atoms with Crippen molar-refractivity contribution in [2.24, 2.45) is 10.7 Å². The lowest BCUT2D eigenvalue weighted by molar-refractivity contribution is -0.119. The molecule has 1 aromatic carbocycles. The zero-order valence-electron chi connectivity index (χ0n) is 16.0. The van der Waals surface area contributed by atoms with Gasteiger partial charge in [0, 0.05) is 18.0 Å². The number of nitrogens with zero attached hydrogens (tertiary/aromatic N) is 2. The first-order valence-electron chi connectivity index (χ1n) is 8.93. The van der Waals surface area contributed by atoms with Crippen molar-refractivity contribution in [2.75, 3.05) is 19.7 Å². The van der Waals surface area contributed by atoms with Gasteiger partial charge in [0.05, 0.1) is 12.2 Å². The molecule has 1 heterocycles. The Morgan fingerprint density at radius 2 is 2.00 bits per heavy atom. The van der Waals surface area contributed by atoms with Crippen LogP contribution in [-0.2, 0) is 17.8 Å². The zero-order valence-corrected chi connectivity index (χ0v) is 16.9. The molecule has 0 bridgehead atoms. The molecule has 0 spiro atoms. The molecule has 2 rings (SSSR count). The minimum Gasteiger partial charge on any atom is -0.484 e. The molecule has 0 unspecified atom stereocenters. The maximum atomic E-state index is 10.7. The molecule has 0 atom stereocenters. The maximum absolute atomic E-state index is 10.7. The first-order chi connectivity index (χ1) is 13.0. The summed E-state index contributed by atoms with van der Waals surface area (Å²) < 4.78 is 5.26. The summed E-state index contributed by atoms with van der Waals surface area (Å²) in [5.74, 6) is 0.931. The third kappa shape index (κ3) is 7.26. The number of amides is 1. The molecule has 1 aromatic heterocycles. The maximum Gasteiger partial charge on any atom is 0.255 e. The van der Waals surface area contributed by atoms with Crippen LogP contribution >= 0.6 is 11.3 Å². The molecule has 0 aliphatic rings. The van der Waals surface area contributed by atoms with E-state index in [4.69, 9.17) is 10.5 Å². The van der Waals surface area contributed by atoms with Crippen molar-refractivity contribution >= 4 is 23.2 Å². The van der Waals surface area contributed by atoms with Crippen molar-refractivity contribution in [3.05, 3.63) is 45.4 Å². The Balaban J connectivity index is 1.82. The second-order valence-corrected chi connectivity index (χ2v) is 7.31. The monoisotopic (exact) mass is 389 g/mol. The minimum atomic E-state index is -0.485. The highest BCUT2D eigenvalue weighted by atomic mass is 32.1. The first kappa shape index (κ1) is 20.7. The van der Waals surface area contributed by atoms with E-state index in [2.05, 4.69) is 27.5 Å². The van der Waals surface area contributed by atoms with E-state index in [0.29, 0.717) is 12.3 Å². The number of aliphatic imine (C=N–C) groups is 1. The topological polar surface area (TPSA) is 102 Å². The fraction of sp³-hybridized carbons (Fsp3) is 0.421. The smallest absolute Gasteiger partial charge is 0.255 e. The third-order valence-corrected chi connectivity index (χ3v) is 4.86. The zero-order chi connectivity index (χ0) is 19.6. The number of guanidine groups is 1. The van der Waals surface area contributed by atoms with Crippen LogP contribution in [0, 0.1) is 13.8 Å². The number of hydrogen-bond donors (Lipinski definition) is 3. The van der Waals surface area contributed by atoms with Gasteiger partial charge in [-0.1, -0.05) is 12.1 Å². The summed E-state index contributed by atoms with van der Waals surface area (Å²) >= 11 is 1.69. The largest absolute Gasteiger partial charge is 0.484 e. The van der Waals surface area contributed by atoms with Crippen molar-refractivity contribution in [3.8, 4) is 5.75 Å². The van der Waals surface area contributed by atoms with E-state index in [1.54, 1.807) is 11.3 Å². The van der Waals surface area contributed by atoms with Crippen molar-refractivity contribution < 1.29 is 9.53 Å². The average Bonchev–Trinajstić information content (AvgIpc) is 2.96. The Morgan fingerprint density at radius 3 is 2.59 bits per heavy atom. The normalized spacial score (nSPS) is 11.3. The Morgan fingerprint density at radius 1 is 1.26 bits per heavy atom. The van der Waals surface area contributed by atoms with Gasteiger partial charge in [0.1, 0.15) is 10.8 Å². The van der Waals surface area contributed by atoms with E-state index >= 15 is 0 Å². The van der Waals surface area contributed by atoms with Crippen LogP contribution in [0.3, 0.4) is 0 Å². The molecule has 0 radical (unpaired) electrons. The molecule has 1 amide bonds. The summed E-state index contributed by atoms with van der Waals surface area (Å²) in [6.45, 7) is 8.15. The molecule has 27 heavy (non-hydrogen) atoms. The number of thiazole rings is 1. The molecule has 146 valence electrons. The van der Waals surface area contributed by atoms with Crippen LogP contribution in [0.15, 0.2) is 29.3 Å². The van der Waals surface area contributed by atoms with Crippen LogP contribution in [0.25, 0.3) is 0 Å². The number of carbonyl (C=O) groups excluding carboxylic acids is 1. The molecule has 0 saturated carbocycles. The van der Waals surface area contributed by atoms with Crippen molar-refractivity contribution in [1.82, 2.24) is 15.6 Å². The van der Waals surface area contributed by atoms with E-state index < -0.39 is 5.91 Å². The molecule has 8 heteroatoms. The summed E-state index contributed by atoms with van der Waals surface area (Å²) in [5, 5.41) is 7.61. The van der Waals surface area contributed by atoms with E-state index in [1.807, 2.05) is 38.1 Å². The van der Waals surface area contributed by atoms with Crippen LogP contribution in [-0.4, -0.2) is 36.5 Å². The summed E-state index contributed by atoms with van der Waals surface area (Å²) in [4.78, 5) is 21.1. The molecule has 2 aromatic rings. The highest BCUT2D eigenvalue weighted by molar-refractivity contribution is 7.11. The fourth-order valence-corrected chi connectivity index (χ4v) is 3.19. The van der Waals surface area contributed by atoms with Gasteiger partial charge in [-0.2, -0.15) is 0 Å². The molecule has 4 N–H and O–H groups in total. The number of rotatable bonds is 9. The molecule has 0 fully saturated rings. The van der Waals surface area contributed by atoms with Gasteiger partial charge in [0.25, 0.3) is 5.91 Å². The lowest BCUT2D eigenvalue weighted by atomic mass is 10.1. The minimum absolute atomic E-state index is 0.110. The number of carbonyl (C=O) groups is 1. The van der Waals surface area contributed by atoms with Gasteiger partial charge in [-0.15, -0.1) is 11.3 Å². The number of ether oxygens (including phenoxy) is 1. The van der Waals surface area contributed by atoms with Gasteiger partial charge in [0.15, 0.2) is 12.6 Å². The standard InChI is InChI=1S/C19H27N5O2S/c1-4-21-19(23-11-18-24-13(2)14(3)27-18)22-10-9-15-5-7-16(8-6-15)26-12-17(20)25/h5-8H,4,9-12H2,1-3H3,(H2,20,25)(H2,21,22,23). The molecule has 7 nitrogen and oxygen atoms in total. The van der Waals surface area contributed by atoms with Gasteiger partial charge >= 0.3 is 0 Å². The Labute approximate surface area is 164 Å². The van der Waals surface area contributed by atoms with Crippen LogP contribution in [0.5, 0.6) is 5.75 Å². The van der Waals surface area contributed by atoms with Gasteiger partial charge < -0.3 is 21.1 Å². The summed E-state index contributed by atoms with van der Waals surface area (Å²) in [7, 11) is 0. The Kier molecular flexibility index (Phi) is 8.06. The van der Waals surface area contributed by atoms with Gasteiger partial charge in [-0.05, 0) is 44.9 Å². The lowest BCUT2D eigenvalue weighted by Crippen LogP contribution is -2.38. The lowest BCUT2D eigenvalue weighted by Gasteiger charge is -2.11. The highest BCUT2D eigenvalue weighted by Crippen LogP contribution is 2.17. The number of aromatic nitrogens is 1. The first-order valence-corrected chi connectivity index (χ1v) is 9.74. The number of primary amides is 1. The molecular formula is C19H27N5O2S. The Bertz CT molecular complexity index is 751. The summed E-state index contributed by atoms with van der Waals surface area (Å²) in [5.41, 5.74) is 7.30. The quantitative estimate of drug-likeness (QED) is 0.449. The molecule has 0 aliphatic carbocycles. The van der Waals surface area contributed by atoms with Crippen LogP contribution < -0.4 is 21.1 Å². The molecule has 0 aliphatic heterocycles. The number of nitrogens with one attached hydrogen (secondary N) is 2. The summed E-state index contributed by atoms with van der Waals surface area (Å²) in [6.07, 6.45) is 0.843. The van der Waals surface area contributed by atoms with Crippen molar-refractivity contribution in [3.63, 3.8) is 0 Å². The Hall–Kier alpha value is -2.61. The van der Waals surface area contributed by atoms with Crippen LogP contribution in [0.4, 0.5) is 0 Å². The second kappa shape index (κ2) is 10.5. The number of hydrogen-bond acceptors (Lipinski definition) is 5. The second-order valence-electron chi connectivity index (χ2n) is 6.02. The molecule has 0 saturated heterocycles. The van der Waals surface area contributed by atoms with Gasteiger partial charge in [-0.25, -0.2) is 9.98 Å². The average molecular weight is 390 g/mol. The van der Waals surface area contributed by atoms with E-state index in [1.165, 1.54) is 4.88 Å². The molecular weight excluding hydrogens is 362 g/mol. The number of aryl methyl sites for hydroxylation is 2. The van der Waals surface area contributed by atoms with Crippen LogP contribution in [0.2, 0.25) is 0 Å². The highest BCUT2D eigenvalue weighted by Gasteiger charge is 2.04. The predicted molar refractivity (Wildman–Crippen MR) is 109 cm³/mol. The SMILES string of the molecule is CCNC(=NCc1nc(C)c(C)s1)NCCc1ccc(OCC(N)=O)cc1. The fourth-order valence-electron chi connectivity index (χ4n) is 2.33. The van der Waals surface area contributed by atoms with Crippen LogP contribution in [0.1, 0.15) is 28.1 Å². The number of nitrogens with two attached hydrogens (primary N) is 1. The van der Waals surface area contributed by atoms with Gasteiger partial charge in [-0.3, -0.25) is 4.79 Å².